The Morgan fingerprint density at radius 3 is 2.69 bits per heavy atom. The fourth-order valence-corrected chi connectivity index (χ4v) is 2.97. The van der Waals surface area contributed by atoms with Crippen LogP contribution >= 0.6 is 11.7 Å². The van der Waals surface area contributed by atoms with Crippen LogP contribution in [0.25, 0.3) is 11.0 Å². The van der Waals surface area contributed by atoms with Gasteiger partial charge in [0.1, 0.15) is 11.0 Å². The molecule has 0 unspecified atom stereocenters. The van der Waals surface area contributed by atoms with Gasteiger partial charge in [0.2, 0.25) is 11.8 Å². The van der Waals surface area contributed by atoms with E-state index in [2.05, 4.69) is 24.7 Å². The minimum absolute atomic E-state index is 0.0532. The third kappa shape index (κ3) is 4.15. The number of rotatable bonds is 6. The van der Waals surface area contributed by atoms with Crippen molar-refractivity contribution >= 4 is 51.6 Å². The maximum atomic E-state index is 12.3. The Balaban J connectivity index is 1.65. The molecular formula is C18H19N5O2S. The number of aromatic nitrogens is 2. The van der Waals surface area contributed by atoms with E-state index in [0.29, 0.717) is 23.3 Å². The summed E-state index contributed by atoms with van der Waals surface area (Å²) in [6, 6.07) is 11.0. The van der Waals surface area contributed by atoms with Crippen molar-refractivity contribution in [1.29, 1.82) is 0 Å². The molecule has 2 amide bonds. The summed E-state index contributed by atoms with van der Waals surface area (Å²) in [6.45, 7) is 3.83. The van der Waals surface area contributed by atoms with Gasteiger partial charge < -0.3 is 16.0 Å². The van der Waals surface area contributed by atoms with Crippen LogP contribution in [-0.2, 0) is 9.59 Å². The van der Waals surface area contributed by atoms with Gasteiger partial charge in [-0.3, -0.25) is 9.59 Å². The van der Waals surface area contributed by atoms with Crippen LogP contribution in [-0.4, -0.2) is 27.1 Å². The predicted molar refractivity (Wildman–Crippen MR) is 105 cm³/mol. The van der Waals surface area contributed by atoms with Crippen molar-refractivity contribution in [2.24, 2.45) is 0 Å². The lowest BCUT2D eigenvalue weighted by atomic mass is 10.1. The number of fused-ring (bicyclic) bond motifs is 1. The van der Waals surface area contributed by atoms with Crippen LogP contribution in [0.4, 0.5) is 17.1 Å². The first-order valence-electron chi connectivity index (χ1n) is 8.22. The molecule has 0 atom stereocenters. The zero-order valence-electron chi connectivity index (χ0n) is 14.5. The fraction of sp³-hybridized carbons (Fsp3) is 0.222. The molecule has 0 aliphatic heterocycles. The molecule has 0 radical (unpaired) electrons. The first-order chi connectivity index (χ1) is 12.6. The van der Waals surface area contributed by atoms with Crippen molar-refractivity contribution in [1.82, 2.24) is 8.75 Å². The van der Waals surface area contributed by atoms with E-state index >= 15 is 0 Å². The van der Waals surface area contributed by atoms with Crippen LogP contribution in [0.5, 0.6) is 0 Å². The van der Waals surface area contributed by atoms with Crippen LogP contribution in [0.3, 0.4) is 0 Å². The molecule has 1 heterocycles. The third-order valence-electron chi connectivity index (χ3n) is 3.84. The molecular weight excluding hydrogens is 350 g/mol. The van der Waals surface area contributed by atoms with Gasteiger partial charge in [-0.15, -0.1) is 0 Å². The second-order valence-electron chi connectivity index (χ2n) is 5.77. The van der Waals surface area contributed by atoms with Crippen LogP contribution in [0, 0.1) is 6.92 Å². The number of nitrogens with zero attached hydrogens (tertiary/aromatic N) is 2. The number of amides is 2. The fourth-order valence-electron chi connectivity index (χ4n) is 2.42. The minimum atomic E-state index is -0.187. The largest absolute Gasteiger partial charge is 0.376 e. The zero-order chi connectivity index (χ0) is 18.5. The standard InChI is InChI=1S/C18H19N5O2S/c1-3-16(24)20-12-8-7-11(2)15(9-12)19-10-17(25)21-13-5-4-6-14-18(13)23-26-22-14/h4-9,19H,3,10H2,1-2H3,(H,20,24)(H,21,25). The van der Waals surface area contributed by atoms with E-state index in [1.165, 1.54) is 0 Å². The third-order valence-corrected chi connectivity index (χ3v) is 4.38. The molecule has 2 aromatic carbocycles. The number of carbonyl (C=O) groups excluding carboxylic acids is 2. The SMILES string of the molecule is CCC(=O)Nc1ccc(C)c(NCC(=O)Nc2cccc3nsnc23)c1. The van der Waals surface area contributed by atoms with Crippen LogP contribution in [0.2, 0.25) is 0 Å². The first kappa shape index (κ1) is 17.8. The maximum absolute atomic E-state index is 12.3. The Hall–Kier alpha value is -3.00. The van der Waals surface area contributed by atoms with Crippen LogP contribution < -0.4 is 16.0 Å². The molecule has 3 aromatic rings. The highest BCUT2D eigenvalue weighted by Gasteiger charge is 2.09. The molecule has 7 nitrogen and oxygen atoms in total. The first-order valence-corrected chi connectivity index (χ1v) is 8.95. The van der Waals surface area contributed by atoms with Gasteiger partial charge in [0.15, 0.2) is 0 Å². The lowest BCUT2D eigenvalue weighted by molar-refractivity contribution is -0.116. The maximum Gasteiger partial charge on any atom is 0.243 e. The van der Waals surface area contributed by atoms with Gasteiger partial charge in [0.05, 0.1) is 24.0 Å². The van der Waals surface area contributed by atoms with Crippen LogP contribution in [0.15, 0.2) is 36.4 Å². The Morgan fingerprint density at radius 2 is 1.88 bits per heavy atom. The molecule has 1 aromatic heterocycles. The van der Waals surface area contributed by atoms with Crippen molar-refractivity contribution < 1.29 is 9.59 Å². The zero-order valence-corrected chi connectivity index (χ0v) is 15.3. The summed E-state index contributed by atoms with van der Waals surface area (Å²) in [6.07, 6.45) is 0.413. The highest BCUT2D eigenvalue weighted by Crippen LogP contribution is 2.22. The molecule has 8 heteroatoms. The summed E-state index contributed by atoms with van der Waals surface area (Å²) < 4.78 is 8.37. The number of hydrogen-bond acceptors (Lipinski definition) is 6. The van der Waals surface area contributed by atoms with Crippen LogP contribution in [0.1, 0.15) is 18.9 Å². The minimum Gasteiger partial charge on any atom is -0.376 e. The average Bonchev–Trinajstić information content (AvgIpc) is 3.12. The summed E-state index contributed by atoms with van der Waals surface area (Å²) in [4.78, 5) is 23.8. The summed E-state index contributed by atoms with van der Waals surface area (Å²) in [7, 11) is 0. The lowest BCUT2D eigenvalue weighted by Gasteiger charge is -2.12. The summed E-state index contributed by atoms with van der Waals surface area (Å²) in [5.41, 5.74) is 4.57. The normalized spacial score (nSPS) is 10.5. The smallest absolute Gasteiger partial charge is 0.243 e. The van der Waals surface area contributed by atoms with Crippen molar-refractivity contribution in [3.63, 3.8) is 0 Å². The molecule has 0 aliphatic rings. The number of benzene rings is 2. The quantitative estimate of drug-likeness (QED) is 0.619. The van der Waals surface area contributed by atoms with Crippen molar-refractivity contribution in [3.8, 4) is 0 Å². The van der Waals surface area contributed by atoms with Gasteiger partial charge in [-0.2, -0.15) is 8.75 Å². The Bertz CT molecular complexity index is 954. The van der Waals surface area contributed by atoms with Gasteiger partial charge >= 0.3 is 0 Å². The summed E-state index contributed by atoms with van der Waals surface area (Å²) in [5, 5.41) is 8.77. The number of carbonyl (C=O) groups is 2. The van der Waals surface area contributed by atoms with Crippen molar-refractivity contribution in [2.75, 3.05) is 22.5 Å². The molecule has 0 saturated carbocycles. The van der Waals surface area contributed by atoms with E-state index in [1.807, 2.05) is 37.3 Å². The molecule has 0 saturated heterocycles. The molecule has 0 spiro atoms. The number of aryl methyl sites for hydroxylation is 1. The molecule has 0 aliphatic carbocycles. The molecule has 134 valence electrons. The van der Waals surface area contributed by atoms with E-state index in [1.54, 1.807) is 13.0 Å². The van der Waals surface area contributed by atoms with Crippen molar-refractivity contribution in [3.05, 3.63) is 42.0 Å². The topological polar surface area (TPSA) is 96.0 Å². The Morgan fingerprint density at radius 1 is 1.04 bits per heavy atom. The predicted octanol–water partition coefficient (Wildman–Crippen LogP) is 3.40. The van der Waals surface area contributed by atoms with Crippen molar-refractivity contribution in [2.45, 2.75) is 20.3 Å². The number of anilines is 3. The van der Waals surface area contributed by atoms with E-state index in [4.69, 9.17) is 0 Å². The summed E-state index contributed by atoms with van der Waals surface area (Å²) >= 11 is 1.11. The number of nitrogens with one attached hydrogen (secondary N) is 3. The summed E-state index contributed by atoms with van der Waals surface area (Å²) in [5.74, 6) is -0.240. The van der Waals surface area contributed by atoms with E-state index < -0.39 is 0 Å². The van der Waals surface area contributed by atoms with E-state index in [-0.39, 0.29) is 18.4 Å². The number of hydrogen-bond donors (Lipinski definition) is 3. The monoisotopic (exact) mass is 369 g/mol. The lowest BCUT2D eigenvalue weighted by Crippen LogP contribution is -2.22. The van der Waals surface area contributed by atoms with E-state index in [0.717, 1.165) is 28.5 Å². The van der Waals surface area contributed by atoms with E-state index in [9.17, 15) is 9.59 Å². The van der Waals surface area contributed by atoms with Gasteiger partial charge in [0.25, 0.3) is 0 Å². The molecule has 0 bridgehead atoms. The second-order valence-corrected chi connectivity index (χ2v) is 6.30. The van der Waals surface area contributed by atoms with Gasteiger partial charge in [-0.25, -0.2) is 0 Å². The Kier molecular flexibility index (Phi) is 5.43. The molecule has 26 heavy (non-hydrogen) atoms. The molecule has 3 rings (SSSR count). The van der Waals surface area contributed by atoms with Gasteiger partial charge in [-0.1, -0.05) is 19.1 Å². The molecule has 0 fully saturated rings. The highest BCUT2D eigenvalue weighted by atomic mass is 32.1. The average molecular weight is 369 g/mol. The Labute approximate surface area is 155 Å². The highest BCUT2D eigenvalue weighted by molar-refractivity contribution is 7.00. The van der Waals surface area contributed by atoms with Gasteiger partial charge in [-0.05, 0) is 36.8 Å². The molecule has 3 N–H and O–H groups in total. The second kappa shape index (κ2) is 7.92. The van der Waals surface area contributed by atoms with Gasteiger partial charge in [0, 0.05) is 17.8 Å².